The average molecular weight is 469 g/mol. The monoisotopic (exact) mass is 468 g/mol. The van der Waals surface area contributed by atoms with Crippen LogP contribution < -0.4 is 0 Å². The molecule has 3 heterocycles. The Labute approximate surface area is 206 Å². The summed E-state index contributed by atoms with van der Waals surface area (Å²) in [6, 6.07) is 21.2. The molecule has 0 bridgehead atoms. The van der Waals surface area contributed by atoms with Gasteiger partial charge in [-0.05, 0) is 41.0 Å². The summed E-state index contributed by atoms with van der Waals surface area (Å²) in [7, 11) is 0. The van der Waals surface area contributed by atoms with E-state index >= 15 is 0 Å². The van der Waals surface area contributed by atoms with Crippen molar-refractivity contribution >= 4 is 17.0 Å². The normalized spacial score (nSPS) is 19.2. The number of hydrogen-bond donors (Lipinski definition) is 0. The highest BCUT2D eigenvalue weighted by Crippen LogP contribution is 2.36. The average Bonchev–Trinajstić information content (AvgIpc) is 3.67. The van der Waals surface area contributed by atoms with Crippen LogP contribution in [0, 0.1) is 0 Å². The lowest BCUT2D eigenvalue weighted by atomic mass is 10.1. The number of piperazine rings is 1. The smallest absolute Gasteiger partial charge is 0.176 e. The van der Waals surface area contributed by atoms with Gasteiger partial charge in [-0.2, -0.15) is 0 Å². The SMILES string of the molecule is C(=C\c1ccccc1)/CN1CCN(C(c2cc3ccccc3o2)c2nnnn2C2CCCC2)CC1. The number of benzene rings is 2. The molecule has 6 rings (SSSR count). The third kappa shape index (κ3) is 4.79. The highest BCUT2D eigenvalue weighted by atomic mass is 16.3. The molecular weight excluding hydrogens is 436 g/mol. The van der Waals surface area contributed by atoms with Gasteiger partial charge in [0, 0.05) is 38.1 Å². The van der Waals surface area contributed by atoms with E-state index in [1.807, 2.05) is 12.1 Å². The van der Waals surface area contributed by atoms with E-state index in [0.717, 1.165) is 68.1 Å². The predicted octanol–water partition coefficient (Wildman–Crippen LogP) is 4.95. The third-order valence-corrected chi connectivity index (χ3v) is 7.39. The Morgan fingerprint density at radius 3 is 2.51 bits per heavy atom. The Morgan fingerprint density at radius 2 is 1.71 bits per heavy atom. The van der Waals surface area contributed by atoms with Gasteiger partial charge in [-0.25, -0.2) is 4.68 Å². The van der Waals surface area contributed by atoms with Crippen LogP contribution in [0.3, 0.4) is 0 Å². The molecule has 2 aliphatic rings. The molecule has 2 aromatic heterocycles. The first kappa shape index (κ1) is 22.2. The van der Waals surface area contributed by atoms with Gasteiger partial charge in [-0.3, -0.25) is 9.80 Å². The zero-order chi connectivity index (χ0) is 23.5. The molecule has 2 aromatic carbocycles. The fraction of sp³-hybridized carbons (Fsp3) is 0.393. The van der Waals surface area contributed by atoms with E-state index in [2.05, 4.69) is 90.7 Å². The summed E-state index contributed by atoms with van der Waals surface area (Å²) in [6.45, 7) is 4.84. The Morgan fingerprint density at radius 1 is 0.943 bits per heavy atom. The first-order chi connectivity index (χ1) is 17.3. The molecular formula is C28H32N6O. The van der Waals surface area contributed by atoms with Crippen molar-refractivity contribution in [2.24, 2.45) is 0 Å². The lowest BCUT2D eigenvalue weighted by molar-refractivity contribution is 0.103. The van der Waals surface area contributed by atoms with Crippen molar-refractivity contribution in [3.8, 4) is 0 Å². The van der Waals surface area contributed by atoms with Crippen LogP contribution in [0.4, 0.5) is 0 Å². The van der Waals surface area contributed by atoms with Crippen molar-refractivity contribution in [1.82, 2.24) is 30.0 Å². The highest BCUT2D eigenvalue weighted by Gasteiger charge is 2.35. The first-order valence-corrected chi connectivity index (χ1v) is 12.8. The van der Waals surface area contributed by atoms with Crippen LogP contribution in [-0.4, -0.2) is 62.7 Å². The number of nitrogens with zero attached hydrogens (tertiary/aromatic N) is 6. The van der Waals surface area contributed by atoms with E-state index in [-0.39, 0.29) is 6.04 Å². The molecule has 1 aliphatic heterocycles. The van der Waals surface area contributed by atoms with Crippen LogP contribution in [0.1, 0.15) is 54.9 Å². The van der Waals surface area contributed by atoms with Crippen LogP contribution in [0.25, 0.3) is 17.0 Å². The van der Waals surface area contributed by atoms with Crippen molar-refractivity contribution in [3.63, 3.8) is 0 Å². The number of furan rings is 1. The summed E-state index contributed by atoms with van der Waals surface area (Å²) in [5.41, 5.74) is 2.16. The molecule has 1 atom stereocenters. The van der Waals surface area contributed by atoms with Crippen molar-refractivity contribution in [2.75, 3.05) is 32.7 Å². The fourth-order valence-electron chi connectivity index (χ4n) is 5.50. The Balaban J connectivity index is 1.22. The van der Waals surface area contributed by atoms with Gasteiger partial charge in [0.15, 0.2) is 5.82 Å². The van der Waals surface area contributed by atoms with E-state index in [1.54, 1.807) is 0 Å². The fourth-order valence-corrected chi connectivity index (χ4v) is 5.50. The van der Waals surface area contributed by atoms with Crippen molar-refractivity contribution in [3.05, 3.63) is 83.9 Å². The van der Waals surface area contributed by atoms with Crippen molar-refractivity contribution in [2.45, 2.75) is 37.8 Å². The number of fused-ring (bicyclic) bond motifs is 1. The molecule has 4 aromatic rings. The molecule has 0 spiro atoms. The quantitative estimate of drug-likeness (QED) is 0.382. The second-order valence-electron chi connectivity index (χ2n) is 9.66. The molecule has 2 fully saturated rings. The number of rotatable bonds is 7. The Hall–Kier alpha value is -3.29. The van der Waals surface area contributed by atoms with Gasteiger partial charge >= 0.3 is 0 Å². The number of aromatic nitrogens is 4. The minimum absolute atomic E-state index is 0.0833. The van der Waals surface area contributed by atoms with Crippen LogP contribution in [0.15, 0.2) is 71.2 Å². The zero-order valence-electron chi connectivity index (χ0n) is 20.0. The molecule has 1 aliphatic carbocycles. The molecule has 180 valence electrons. The zero-order valence-corrected chi connectivity index (χ0v) is 20.0. The van der Waals surface area contributed by atoms with E-state index in [1.165, 1.54) is 18.4 Å². The lowest BCUT2D eigenvalue weighted by Crippen LogP contribution is -2.48. The van der Waals surface area contributed by atoms with Crippen LogP contribution in [0.5, 0.6) is 0 Å². The molecule has 7 heteroatoms. The number of para-hydroxylation sites is 1. The van der Waals surface area contributed by atoms with Gasteiger partial charge in [-0.1, -0.05) is 73.5 Å². The maximum atomic E-state index is 6.39. The Bertz CT molecular complexity index is 1230. The first-order valence-electron chi connectivity index (χ1n) is 12.8. The van der Waals surface area contributed by atoms with Gasteiger partial charge in [0.2, 0.25) is 0 Å². The molecule has 7 nitrogen and oxygen atoms in total. The van der Waals surface area contributed by atoms with Crippen molar-refractivity contribution in [1.29, 1.82) is 0 Å². The molecule has 0 N–H and O–H groups in total. The summed E-state index contributed by atoms with van der Waals surface area (Å²) in [5, 5.41) is 14.2. The Kier molecular flexibility index (Phi) is 6.43. The summed E-state index contributed by atoms with van der Waals surface area (Å²) in [5.74, 6) is 1.84. The molecule has 1 saturated carbocycles. The molecule has 35 heavy (non-hydrogen) atoms. The lowest BCUT2D eigenvalue weighted by Gasteiger charge is -2.37. The largest absolute Gasteiger partial charge is 0.459 e. The molecule has 0 amide bonds. The molecule has 0 radical (unpaired) electrons. The standard InChI is InChI=1S/C28H32N6O/c1-2-9-22(10-3-1)11-8-16-32-17-19-33(20-18-32)27(26-21-23-12-4-7-15-25(23)35-26)28-29-30-31-34(28)24-13-5-6-14-24/h1-4,7-12,15,21,24,27H,5-6,13-14,16-20H2/b11-8+. The van der Waals surface area contributed by atoms with E-state index in [9.17, 15) is 0 Å². The minimum Gasteiger partial charge on any atom is -0.459 e. The van der Waals surface area contributed by atoms with Gasteiger partial charge < -0.3 is 4.42 Å². The summed E-state index contributed by atoms with van der Waals surface area (Å²) in [6.07, 6.45) is 9.25. The summed E-state index contributed by atoms with van der Waals surface area (Å²) in [4.78, 5) is 5.00. The predicted molar refractivity (Wildman–Crippen MR) is 137 cm³/mol. The second-order valence-corrected chi connectivity index (χ2v) is 9.66. The van der Waals surface area contributed by atoms with Crippen LogP contribution in [-0.2, 0) is 0 Å². The molecule has 1 unspecified atom stereocenters. The third-order valence-electron chi connectivity index (χ3n) is 7.39. The van der Waals surface area contributed by atoms with Gasteiger partial charge in [0.05, 0.1) is 6.04 Å². The highest BCUT2D eigenvalue weighted by molar-refractivity contribution is 5.77. The van der Waals surface area contributed by atoms with Gasteiger partial charge in [0.1, 0.15) is 17.4 Å². The molecule has 1 saturated heterocycles. The maximum Gasteiger partial charge on any atom is 0.176 e. The number of hydrogen-bond acceptors (Lipinski definition) is 6. The topological polar surface area (TPSA) is 63.2 Å². The summed E-state index contributed by atoms with van der Waals surface area (Å²) >= 11 is 0. The van der Waals surface area contributed by atoms with Gasteiger partial charge in [-0.15, -0.1) is 5.10 Å². The number of tetrazole rings is 1. The second kappa shape index (κ2) is 10.1. The van der Waals surface area contributed by atoms with Gasteiger partial charge in [0.25, 0.3) is 0 Å². The van der Waals surface area contributed by atoms with Crippen molar-refractivity contribution < 1.29 is 4.42 Å². The van der Waals surface area contributed by atoms with E-state index < -0.39 is 0 Å². The van der Waals surface area contributed by atoms with Crippen LogP contribution >= 0.6 is 0 Å². The van der Waals surface area contributed by atoms with E-state index in [4.69, 9.17) is 4.42 Å². The minimum atomic E-state index is -0.0833. The maximum absolute atomic E-state index is 6.39. The van der Waals surface area contributed by atoms with E-state index in [0.29, 0.717) is 6.04 Å². The van der Waals surface area contributed by atoms with Crippen LogP contribution in [0.2, 0.25) is 0 Å². The summed E-state index contributed by atoms with van der Waals surface area (Å²) < 4.78 is 8.47.